The second-order valence-corrected chi connectivity index (χ2v) is 4.64. The molecule has 0 aromatic carbocycles. The van der Waals surface area contributed by atoms with E-state index in [1.165, 1.54) is 5.75 Å². The summed E-state index contributed by atoms with van der Waals surface area (Å²) in [6.07, 6.45) is 0. The Bertz CT molecular complexity index is 47.0. The van der Waals surface area contributed by atoms with E-state index in [0.29, 0.717) is 4.75 Å². The van der Waals surface area contributed by atoms with Gasteiger partial charge in [0, 0.05) is 4.75 Å². The van der Waals surface area contributed by atoms with Crippen LogP contribution in [0.25, 0.3) is 0 Å². The first kappa shape index (κ1) is 11.2. The predicted molar refractivity (Wildman–Crippen MR) is 47.8 cm³/mol. The molecule has 0 aliphatic heterocycles. The van der Waals surface area contributed by atoms with Crippen LogP contribution >= 0.6 is 11.8 Å². The van der Waals surface area contributed by atoms with E-state index in [-0.39, 0.29) is 8.41 Å². The fourth-order valence-electron chi connectivity index (χ4n) is 0.433. The Morgan fingerprint density at radius 3 is 1.62 bits per heavy atom. The molecule has 0 aliphatic carbocycles. The number of hydrogen-bond acceptors (Lipinski definition) is 1. The molecule has 0 radical (unpaired) electrons. The lowest BCUT2D eigenvalue weighted by Gasteiger charge is -2.14. The fourth-order valence-corrected chi connectivity index (χ4v) is 1.30. The van der Waals surface area contributed by atoms with Gasteiger partial charge in [-0.15, -0.1) is 0 Å². The molecule has 0 aromatic heterocycles. The minimum Gasteiger partial charge on any atom is -0.156 e. The average molecular weight is 132 g/mol. The first-order valence-corrected chi connectivity index (χ1v) is 3.69. The average Bonchev–Trinajstić information content (AvgIpc) is 1.30. The standard InChI is InChI=1S/C6H14S.BH3/c1-5-7-6(2,3)4;/h5H2,1-4H3;1H3. The van der Waals surface area contributed by atoms with E-state index in [4.69, 9.17) is 0 Å². The first-order valence-electron chi connectivity index (χ1n) is 2.70. The zero-order valence-electron chi connectivity index (χ0n) is 5.62. The second-order valence-electron chi connectivity index (χ2n) is 2.55. The zero-order chi connectivity index (χ0) is 5.91. The van der Waals surface area contributed by atoms with Crippen LogP contribution in [0.2, 0.25) is 0 Å². The summed E-state index contributed by atoms with van der Waals surface area (Å²) in [6, 6.07) is 0. The minimum absolute atomic E-state index is 0. The maximum atomic E-state index is 2.24. The van der Waals surface area contributed by atoms with Gasteiger partial charge in [0.2, 0.25) is 0 Å². The van der Waals surface area contributed by atoms with Crippen LogP contribution in [0.3, 0.4) is 0 Å². The van der Waals surface area contributed by atoms with Crippen molar-refractivity contribution >= 4 is 20.2 Å². The lowest BCUT2D eigenvalue weighted by atomic mass is 10.3. The van der Waals surface area contributed by atoms with Crippen molar-refractivity contribution in [3.63, 3.8) is 0 Å². The van der Waals surface area contributed by atoms with Crippen molar-refractivity contribution in [3.05, 3.63) is 0 Å². The maximum Gasteiger partial charge on any atom is 0.0814 e. The van der Waals surface area contributed by atoms with Crippen LogP contribution in [-0.2, 0) is 0 Å². The minimum atomic E-state index is 0. The van der Waals surface area contributed by atoms with Gasteiger partial charge in [-0.2, -0.15) is 11.8 Å². The largest absolute Gasteiger partial charge is 0.156 e. The van der Waals surface area contributed by atoms with E-state index in [9.17, 15) is 0 Å². The Labute approximate surface area is 59.0 Å². The molecule has 0 bridgehead atoms. The van der Waals surface area contributed by atoms with Gasteiger partial charge in [0.25, 0.3) is 0 Å². The van der Waals surface area contributed by atoms with Gasteiger partial charge in [-0.25, -0.2) is 0 Å². The van der Waals surface area contributed by atoms with E-state index in [0.717, 1.165) is 0 Å². The lowest BCUT2D eigenvalue weighted by molar-refractivity contribution is 0.803. The molecule has 0 atom stereocenters. The summed E-state index contributed by atoms with van der Waals surface area (Å²) in [5, 5.41) is 0. The molecule has 0 nitrogen and oxygen atoms in total. The maximum absolute atomic E-state index is 2.24. The Morgan fingerprint density at radius 2 is 1.62 bits per heavy atom. The third kappa shape index (κ3) is 9.65. The summed E-state index contributed by atoms with van der Waals surface area (Å²) in [7, 11) is 0. The van der Waals surface area contributed by atoms with Gasteiger partial charge in [-0.3, -0.25) is 0 Å². The zero-order valence-corrected chi connectivity index (χ0v) is 6.43. The van der Waals surface area contributed by atoms with Crippen LogP contribution in [0, 0.1) is 0 Å². The van der Waals surface area contributed by atoms with E-state index in [2.05, 4.69) is 27.7 Å². The highest BCUT2D eigenvalue weighted by Crippen LogP contribution is 2.21. The molecule has 0 rings (SSSR count). The molecule has 2 heteroatoms. The summed E-state index contributed by atoms with van der Waals surface area (Å²) >= 11 is 1.99. The summed E-state index contributed by atoms with van der Waals surface area (Å²) in [5.74, 6) is 1.23. The molecule has 50 valence electrons. The molecular formula is C6H17BS. The lowest BCUT2D eigenvalue weighted by Crippen LogP contribution is -2.06. The SMILES string of the molecule is B.CCSC(C)(C)C. The molecule has 0 unspecified atom stereocenters. The van der Waals surface area contributed by atoms with Crippen molar-refractivity contribution in [2.75, 3.05) is 5.75 Å². The third-order valence-corrected chi connectivity index (χ3v) is 1.73. The smallest absolute Gasteiger partial charge is 0.0814 e. The second kappa shape index (κ2) is 4.31. The van der Waals surface area contributed by atoms with Crippen LogP contribution in [0.5, 0.6) is 0 Å². The molecule has 8 heavy (non-hydrogen) atoms. The van der Waals surface area contributed by atoms with Gasteiger partial charge >= 0.3 is 0 Å². The summed E-state index contributed by atoms with van der Waals surface area (Å²) in [6.45, 7) is 8.90. The fraction of sp³-hybridized carbons (Fsp3) is 1.00. The van der Waals surface area contributed by atoms with E-state index in [1.54, 1.807) is 0 Å². The Morgan fingerprint density at radius 1 is 1.25 bits per heavy atom. The quantitative estimate of drug-likeness (QED) is 0.485. The van der Waals surface area contributed by atoms with Crippen molar-refractivity contribution in [1.29, 1.82) is 0 Å². The third-order valence-electron chi connectivity index (χ3n) is 0.577. The molecule has 0 aromatic rings. The van der Waals surface area contributed by atoms with Crippen molar-refractivity contribution in [2.24, 2.45) is 0 Å². The molecule has 0 fully saturated rings. The monoisotopic (exact) mass is 132 g/mol. The number of rotatable bonds is 1. The highest BCUT2D eigenvalue weighted by molar-refractivity contribution is 8.00. The van der Waals surface area contributed by atoms with Crippen molar-refractivity contribution in [1.82, 2.24) is 0 Å². The Hall–Kier alpha value is 0.415. The number of hydrogen-bond donors (Lipinski definition) is 0. The molecule has 0 spiro atoms. The van der Waals surface area contributed by atoms with E-state index in [1.807, 2.05) is 11.8 Å². The number of thioether (sulfide) groups is 1. The van der Waals surface area contributed by atoms with Gasteiger partial charge in [0.1, 0.15) is 0 Å². The Balaban J connectivity index is 0. The summed E-state index contributed by atoms with van der Waals surface area (Å²) in [5.41, 5.74) is 0. The van der Waals surface area contributed by atoms with Gasteiger partial charge in [-0.1, -0.05) is 27.7 Å². The van der Waals surface area contributed by atoms with E-state index >= 15 is 0 Å². The van der Waals surface area contributed by atoms with Gasteiger partial charge in [0.05, 0.1) is 8.41 Å². The van der Waals surface area contributed by atoms with Crippen LogP contribution in [0.1, 0.15) is 27.7 Å². The molecule has 0 saturated carbocycles. The van der Waals surface area contributed by atoms with E-state index < -0.39 is 0 Å². The predicted octanol–water partition coefficient (Wildman–Crippen LogP) is 1.35. The molecular weight excluding hydrogens is 115 g/mol. The van der Waals surface area contributed by atoms with Crippen molar-refractivity contribution in [2.45, 2.75) is 32.4 Å². The Kier molecular flexibility index (Phi) is 6.06. The molecule has 0 heterocycles. The van der Waals surface area contributed by atoms with Crippen molar-refractivity contribution < 1.29 is 0 Å². The molecule has 0 N–H and O–H groups in total. The van der Waals surface area contributed by atoms with Crippen LogP contribution in [-0.4, -0.2) is 18.9 Å². The van der Waals surface area contributed by atoms with Crippen LogP contribution < -0.4 is 0 Å². The van der Waals surface area contributed by atoms with Gasteiger partial charge in [-0.05, 0) is 5.75 Å². The first-order chi connectivity index (χ1) is 3.06. The van der Waals surface area contributed by atoms with Gasteiger partial charge in [0.15, 0.2) is 0 Å². The summed E-state index contributed by atoms with van der Waals surface area (Å²) < 4.78 is 0.467. The molecule has 0 amide bonds. The summed E-state index contributed by atoms with van der Waals surface area (Å²) in [4.78, 5) is 0. The highest BCUT2D eigenvalue weighted by atomic mass is 32.2. The normalized spacial score (nSPS) is 10.5. The van der Waals surface area contributed by atoms with Crippen LogP contribution in [0.4, 0.5) is 0 Å². The van der Waals surface area contributed by atoms with Crippen LogP contribution in [0.15, 0.2) is 0 Å². The molecule has 0 aliphatic rings. The highest BCUT2D eigenvalue weighted by Gasteiger charge is 2.06. The topological polar surface area (TPSA) is 0 Å². The molecule has 0 saturated heterocycles. The van der Waals surface area contributed by atoms with Crippen molar-refractivity contribution in [3.8, 4) is 0 Å². The van der Waals surface area contributed by atoms with Gasteiger partial charge < -0.3 is 0 Å².